The summed E-state index contributed by atoms with van der Waals surface area (Å²) in [4.78, 5) is 16.4. The number of carbonyl (C=O) groups is 1. The number of amides is 1. The molecule has 0 unspecified atom stereocenters. The van der Waals surface area contributed by atoms with E-state index in [9.17, 15) is 10.1 Å². The van der Waals surface area contributed by atoms with E-state index in [2.05, 4.69) is 29.5 Å². The van der Waals surface area contributed by atoms with Gasteiger partial charge in [-0.3, -0.25) is 4.79 Å². The van der Waals surface area contributed by atoms with Crippen LogP contribution in [0.25, 0.3) is 0 Å². The normalized spacial score (nSPS) is 11.0. The number of rotatable bonds is 5. The standard InChI is InChI=1S/C19H20N4O/c1-13(2)15-7-9-17(10-8-15)23-19(24)16(11-20)12-21-18-6-4-5-14(3)22-18/h4-10,12-13H,1-3H3,(H,21,22)(H,23,24)/b16-12-. The fourth-order valence-electron chi connectivity index (χ4n) is 2.07. The lowest BCUT2D eigenvalue weighted by Gasteiger charge is -2.08. The second kappa shape index (κ2) is 7.93. The summed E-state index contributed by atoms with van der Waals surface area (Å²) < 4.78 is 0. The van der Waals surface area contributed by atoms with E-state index in [4.69, 9.17) is 0 Å². The number of pyridine rings is 1. The van der Waals surface area contributed by atoms with Crippen molar-refractivity contribution < 1.29 is 4.79 Å². The number of aryl methyl sites for hydroxylation is 1. The molecule has 2 aromatic rings. The Morgan fingerprint density at radius 2 is 1.92 bits per heavy atom. The summed E-state index contributed by atoms with van der Waals surface area (Å²) in [7, 11) is 0. The molecule has 0 spiro atoms. The van der Waals surface area contributed by atoms with Crippen LogP contribution in [0.5, 0.6) is 0 Å². The number of hydrogen-bond acceptors (Lipinski definition) is 4. The Morgan fingerprint density at radius 3 is 2.50 bits per heavy atom. The first-order chi connectivity index (χ1) is 11.5. The smallest absolute Gasteiger partial charge is 0.267 e. The van der Waals surface area contributed by atoms with Gasteiger partial charge in [-0.15, -0.1) is 0 Å². The van der Waals surface area contributed by atoms with Gasteiger partial charge < -0.3 is 10.6 Å². The van der Waals surface area contributed by atoms with Crippen LogP contribution in [0.3, 0.4) is 0 Å². The second-order valence-electron chi connectivity index (χ2n) is 5.71. The molecule has 2 N–H and O–H groups in total. The van der Waals surface area contributed by atoms with Gasteiger partial charge in [0.05, 0.1) is 0 Å². The van der Waals surface area contributed by atoms with Crippen molar-refractivity contribution >= 4 is 17.4 Å². The summed E-state index contributed by atoms with van der Waals surface area (Å²) in [5, 5.41) is 14.8. The van der Waals surface area contributed by atoms with Crippen molar-refractivity contribution in [1.82, 2.24) is 4.98 Å². The van der Waals surface area contributed by atoms with Crippen LogP contribution < -0.4 is 10.6 Å². The van der Waals surface area contributed by atoms with E-state index in [1.165, 1.54) is 11.8 Å². The topological polar surface area (TPSA) is 77.8 Å². The highest BCUT2D eigenvalue weighted by Gasteiger charge is 2.09. The maximum absolute atomic E-state index is 12.2. The van der Waals surface area contributed by atoms with Crippen LogP contribution in [0.2, 0.25) is 0 Å². The van der Waals surface area contributed by atoms with E-state index >= 15 is 0 Å². The Hall–Kier alpha value is -3.13. The monoisotopic (exact) mass is 320 g/mol. The van der Waals surface area contributed by atoms with E-state index in [1.54, 1.807) is 6.07 Å². The van der Waals surface area contributed by atoms with Crippen molar-refractivity contribution in [1.29, 1.82) is 5.26 Å². The Bertz CT molecular complexity index is 786. The maximum Gasteiger partial charge on any atom is 0.267 e. The van der Waals surface area contributed by atoms with E-state index < -0.39 is 5.91 Å². The van der Waals surface area contributed by atoms with Gasteiger partial charge in [0.2, 0.25) is 0 Å². The minimum atomic E-state index is -0.463. The number of nitrogens with one attached hydrogen (secondary N) is 2. The largest absolute Gasteiger partial charge is 0.345 e. The van der Waals surface area contributed by atoms with Crippen molar-refractivity contribution in [2.75, 3.05) is 10.6 Å². The summed E-state index contributed by atoms with van der Waals surface area (Å²) in [6.07, 6.45) is 1.36. The molecule has 0 radical (unpaired) electrons. The van der Waals surface area contributed by atoms with Crippen molar-refractivity contribution in [3.63, 3.8) is 0 Å². The van der Waals surface area contributed by atoms with Gasteiger partial charge in [0.25, 0.3) is 5.91 Å². The summed E-state index contributed by atoms with van der Waals surface area (Å²) in [5.74, 6) is 0.544. The van der Waals surface area contributed by atoms with Crippen LogP contribution in [0.4, 0.5) is 11.5 Å². The number of anilines is 2. The third kappa shape index (κ3) is 4.68. The van der Waals surface area contributed by atoms with Crippen LogP contribution in [0, 0.1) is 18.3 Å². The lowest BCUT2D eigenvalue weighted by Crippen LogP contribution is -2.14. The molecular weight excluding hydrogens is 300 g/mol. The zero-order valence-electron chi connectivity index (χ0n) is 14.0. The van der Waals surface area contributed by atoms with Gasteiger partial charge in [-0.2, -0.15) is 5.26 Å². The zero-order chi connectivity index (χ0) is 17.5. The lowest BCUT2D eigenvalue weighted by molar-refractivity contribution is -0.112. The van der Waals surface area contributed by atoms with Crippen molar-refractivity contribution in [2.24, 2.45) is 0 Å². The highest BCUT2D eigenvalue weighted by atomic mass is 16.1. The first-order valence-corrected chi connectivity index (χ1v) is 7.71. The third-order valence-electron chi connectivity index (χ3n) is 3.45. The van der Waals surface area contributed by atoms with E-state index in [0.29, 0.717) is 17.4 Å². The summed E-state index contributed by atoms with van der Waals surface area (Å²) in [6, 6.07) is 15.0. The lowest BCUT2D eigenvalue weighted by atomic mass is 10.0. The Labute approximate surface area is 142 Å². The Balaban J connectivity index is 2.05. The first-order valence-electron chi connectivity index (χ1n) is 7.71. The minimum absolute atomic E-state index is 0.0220. The fraction of sp³-hybridized carbons (Fsp3) is 0.211. The van der Waals surface area contributed by atoms with Gasteiger partial charge in [0, 0.05) is 17.6 Å². The average molecular weight is 320 g/mol. The molecular formula is C19H20N4O. The molecule has 1 amide bonds. The molecule has 0 bridgehead atoms. The van der Waals surface area contributed by atoms with Gasteiger partial charge in [-0.1, -0.05) is 32.0 Å². The Morgan fingerprint density at radius 1 is 1.21 bits per heavy atom. The predicted molar refractivity (Wildman–Crippen MR) is 95.5 cm³/mol. The maximum atomic E-state index is 12.2. The number of nitriles is 1. The molecule has 0 aliphatic heterocycles. The number of carbonyl (C=O) groups excluding carboxylic acids is 1. The minimum Gasteiger partial charge on any atom is -0.345 e. The molecule has 0 atom stereocenters. The quantitative estimate of drug-likeness (QED) is 0.645. The van der Waals surface area contributed by atoms with Crippen molar-refractivity contribution in [2.45, 2.75) is 26.7 Å². The number of hydrogen-bond donors (Lipinski definition) is 2. The molecule has 122 valence electrons. The number of nitrogens with zero attached hydrogens (tertiary/aromatic N) is 2. The van der Waals surface area contributed by atoms with Gasteiger partial charge in [0.15, 0.2) is 0 Å². The molecule has 0 aliphatic rings. The fourth-order valence-corrected chi connectivity index (χ4v) is 2.07. The Kier molecular flexibility index (Phi) is 5.69. The van der Waals surface area contributed by atoms with Gasteiger partial charge in [-0.05, 0) is 42.7 Å². The SMILES string of the molecule is Cc1cccc(N/C=C(/C#N)C(=O)Nc2ccc(C(C)C)cc2)n1. The highest BCUT2D eigenvalue weighted by molar-refractivity contribution is 6.06. The summed E-state index contributed by atoms with van der Waals surface area (Å²) >= 11 is 0. The average Bonchev–Trinajstić information content (AvgIpc) is 2.56. The highest BCUT2D eigenvalue weighted by Crippen LogP contribution is 2.17. The molecule has 2 rings (SSSR count). The zero-order valence-corrected chi connectivity index (χ0v) is 14.0. The second-order valence-corrected chi connectivity index (χ2v) is 5.71. The third-order valence-corrected chi connectivity index (χ3v) is 3.45. The van der Waals surface area contributed by atoms with Crippen LogP contribution in [0.15, 0.2) is 54.2 Å². The predicted octanol–water partition coefficient (Wildman–Crippen LogP) is 3.97. The molecule has 24 heavy (non-hydrogen) atoms. The van der Waals surface area contributed by atoms with Gasteiger partial charge >= 0.3 is 0 Å². The van der Waals surface area contributed by atoms with Gasteiger partial charge in [-0.25, -0.2) is 4.98 Å². The van der Waals surface area contributed by atoms with E-state index in [-0.39, 0.29) is 5.57 Å². The van der Waals surface area contributed by atoms with E-state index in [0.717, 1.165) is 5.69 Å². The first kappa shape index (κ1) is 17.2. The molecule has 0 saturated heterocycles. The van der Waals surface area contributed by atoms with Crippen LogP contribution in [0.1, 0.15) is 31.0 Å². The van der Waals surface area contributed by atoms with Crippen molar-refractivity contribution in [3.05, 3.63) is 65.5 Å². The molecule has 5 nitrogen and oxygen atoms in total. The summed E-state index contributed by atoms with van der Waals surface area (Å²) in [6.45, 7) is 6.08. The van der Waals surface area contributed by atoms with Crippen LogP contribution in [-0.2, 0) is 4.79 Å². The van der Waals surface area contributed by atoms with Gasteiger partial charge in [0.1, 0.15) is 17.5 Å². The van der Waals surface area contributed by atoms with E-state index in [1.807, 2.05) is 49.4 Å². The molecule has 1 aromatic carbocycles. The molecule has 1 aromatic heterocycles. The molecule has 0 fully saturated rings. The number of benzene rings is 1. The van der Waals surface area contributed by atoms with Crippen molar-refractivity contribution in [3.8, 4) is 6.07 Å². The molecule has 0 aliphatic carbocycles. The molecule has 1 heterocycles. The molecule has 0 saturated carbocycles. The molecule has 5 heteroatoms. The van der Waals surface area contributed by atoms with Crippen LogP contribution >= 0.6 is 0 Å². The number of aromatic nitrogens is 1. The summed E-state index contributed by atoms with van der Waals surface area (Å²) in [5.41, 5.74) is 2.67. The van der Waals surface area contributed by atoms with Crippen LogP contribution in [-0.4, -0.2) is 10.9 Å².